The SMILES string of the molecule is O=C1CCC(N2C(=O)c3ccc(C#CCOCCOCCOCc4ccccc4)cc3C2=O)C(=O)N1. The molecule has 1 fully saturated rings. The van der Waals surface area contributed by atoms with E-state index in [1.54, 1.807) is 6.07 Å². The molecule has 2 aromatic rings. The van der Waals surface area contributed by atoms with Crippen molar-refractivity contribution in [2.75, 3.05) is 33.0 Å². The summed E-state index contributed by atoms with van der Waals surface area (Å²) in [6.07, 6.45) is 0.193. The Bertz CT molecular complexity index is 1200. The van der Waals surface area contributed by atoms with E-state index >= 15 is 0 Å². The van der Waals surface area contributed by atoms with Crippen LogP contribution in [0, 0.1) is 11.8 Å². The van der Waals surface area contributed by atoms with Crippen LogP contribution in [0.2, 0.25) is 0 Å². The topological polar surface area (TPSA) is 111 Å². The Labute approximate surface area is 208 Å². The van der Waals surface area contributed by atoms with Gasteiger partial charge in [0.1, 0.15) is 12.6 Å². The fraction of sp³-hybridized carbons (Fsp3) is 0.333. The second-order valence-corrected chi connectivity index (χ2v) is 8.21. The molecule has 0 radical (unpaired) electrons. The first kappa shape index (κ1) is 25.3. The number of carbonyl (C=O) groups excluding carboxylic acids is 4. The zero-order chi connectivity index (χ0) is 25.3. The Morgan fingerprint density at radius 1 is 0.861 bits per heavy atom. The van der Waals surface area contributed by atoms with Crippen molar-refractivity contribution in [3.05, 3.63) is 70.8 Å². The number of piperidine rings is 1. The molecule has 4 amide bonds. The number of hydrogen-bond donors (Lipinski definition) is 1. The van der Waals surface area contributed by atoms with Gasteiger partial charge in [-0.1, -0.05) is 42.2 Å². The van der Waals surface area contributed by atoms with Gasteiger partial charge < -0.3 is 14.2 Å². The molecule has 0 spiro atoms. The smallest absolute Gasteiger partial charge is 0.262 e. The van der Waals surface area contributed by atoms with E-state index < -0.39 is 29.7 Å². The molecule has 0 aromatic heterocycles. The largest absolute Gasteiger partial charge is 0.377 e. The minimum absolute atomic E-state index is 0.0770. The van der Waals surface area contributed by atoms with Gasteiger partial charge in [0, 0.05) is 12.0 Å². The van der Waals surface area contributed by atoms with Crippen molar-refractivity contribution >= 4 is 23.6 Å². The first-order valence-electron chi connectivity index (χ1n) is 11.7. The monoisotopic (exact) mass is 490 g/mol. The Balaban J connectivity index is 1.17. The molecule has 1 N–H and O–H groups in total. The molecule has 2 aromatic carbocycles. The number of rotatable bonds is 10. The average Bonchev–Trinajstić information content (AvgIpc) is 3.12. The quantitative estimate of drug-likeness (QED) is 0.307. The van der Waals surface area contributed by atoms with E-state index in [4.69, 9.17) is 14.2 Å². The van der Waals surface area contributed by atoms with Crippen molar-refractivity contribution < 1.29 is 33.4 Å². The highest BCUT2D eigenvalue weighted by atomic mass is 16.5. The van der Waals surface area contributed by atoms with Crippen LogP contribution in [0.25, 0.3) is 0 Å². The van der Waals surface area contributed by atoms with E-state index in [2.05, 4.69) is 17.2 Å². The van der Waals surface area contributed by atoms with E-state index in [1.165, 1.54) is 12.1 Å². The summed E-state index contributed by atoms with van der Waals surface area (Å²) in [5.74, 6) is 3.63. The van der Waals surface area contributed by atoms with E-state index in [1.807, 2.05) is 30.3 Å². The molecule has 1 unspecified atom stereocenters. The molecule has 4 rings (SSSR count). The normalized spacial score (nSPS) is 17.0. The van der Waals surface area contributed by atoms with Gasteiger partial charge in [0.05, 0.1) is 44.2 Å². The molecule has 0 saturated carbocycles. The number of fused-ring (bicyclic) bond motifs is 1. The van der Waals surface area contributed by atoms with Gasteiger partial charge in [0.2, 0.25) is 11.8 Å². The van der Waals surface area contributed by atoms with Crippen molar-refractivity contribution in [3.63, 3.8) is 0 Å². The molecule has 2 aliphatic rings. The number of nitrogens with zero attached hydrogens (tertiary/aromatic N) is 1. The minimum Gasteiger partial charge on any atom is -0.377 e. The van der Waals surface area contributed by atoms with Crippen LogP contribution in [0.5, 0.6) is 0 Å². The molecular formula is C27H26N2O7. The molecule has 2 heterocycles. The maximum absolute atomic E-state index is 12.8. The van der Waals surface area contributed by atoms with Crippen molar-refractivity contribution in [2.24, 2.45) is 0 Å². The predicted octanol–water partition coefficient (Wildman–Crippen LogP) is 1.69. The number of ether oxygens (including phenoxy) is 3. The highest BCUT2D eigenvalue weighted by molar-refractivity contribution is 6.23. The van der Waals surface area contributed by atoms with Crippen molar-refractivity contribution in [2.45, 2.75) is 25.5 Å². The third-order valence-corrected chi connectivity index (χ3v) is 5.70. The summed E-state index contributed by atoms with van der Waals surface area (Å²) in [4.78, 5) is 50.0. The molecule has 2 aliphatic heterocycles. The zero-order valence-electron chi connectivity index (χ0n) is 19.7. The number of nitrogens with one attached hydrogen (secondary N) is 1. The fourth-order valence-corrected chi connectivity index (χ4v) is 3.91. The Hall–Kier alpha value is -3.84. The molecule has 1 saturated heterocycles. The third-order valence-electron chi connectivity index (χ3n) is 5.70. The maximum Gasteiger partial charge on any atom is 0.262 e. The van der Waals surface area contributed by atoms with Gasteiger partial charge >= 0.3 is 0 Å². The number of carbonyl (C=O) groups is 4. The summed E-state index contributed by atoms with van der Waals surface area (Å²) in [5.41, 5.74) is 2.08. The van der Waals surface area contributed by atoms with Crippen molar-refractivity contribution in [3.8, 4) is 11.8 Å². The summed E-state index contributed by atoms with van der Waals surface area (Å²) in [7, 11) is 0. The zero-order valence-corrected chi connectivity index (χ0v) is 19.7. The summed E-state index contributed by atoms with van der Waals surface area (Å²) in [5, 5.41) is 2.18. The first-order valence-corrected chi connectivity index (χ1v) is 11.7. The predicted molar refractivity (Wildman–Crippen MR) is 128 cm³/mol. The average molecular weight is 491 g/mol. The van der Waals surface area contributed by atoms with Gasteiger partial charge in [-0.05, 0) is 30.2 Å². The molecule has 186 valence electrons. The molecule has 0 bridgehead atoms. The molecular weight excluding hydrogens is 464 g/mol. The van der Waals surface area contributed by atoms with E-state index in [9.17, 15) is 19.2 Å². The third kappa shape index (κ3) is 6.23. The minimum atomic E-state index is -0.990. The van der Waals surface area contributed by atoms with Gasteiger partial charge in [-0.2, -0.15) is 0 Å². The maximum atomic E-state index is 12.8. The Morgan fingerprint density at radius 3 is 2.36 bits per heavy atom. The van der Waals surface area contributed by atoms with E-state index in [-0.39, 0.29) is 30.6 Å². The molecule has 9 heteroatoms. The lowest BCUT2D eigenvalue weighted by Crippen LogP contribution is -2.54. The molecule has 0 aliphatic carbocycles. The molecule has 9 nitrogen and oxygen atoms in total. The highest BCUT2D eigenvalue weighted by Gasteiger charge is 2.44. The van der Waals surface area contributed by atoms with E-state index in [0.29, 0.717) is 38.6 Å². The van der Waals surface area contributed by atoms with Crippen LogP contribution in [0.1, 0.15) is 44.7 Å². The van der Waals surface area contributed by atoms with Crippen LogP contribution in [0.15, 0.2) is 48.5 Å². The second-order valence-electron chi connectivity index (χ2n) is 8.21. The number of benzene rings is 2. The van der Waals surface area contributed by atoms with Gasteiger partial charge in [-0.25, -0.2) is 0 Å². The standard InChI is InChI=1S/C27H26N2O7/c30-24-11-10-23(25(31)28-24)29-26(32)21-9-8-19(17-22(21)27(29)33)7-4-12-34-13-14-35-15-16-36-18-20-5-2-1-3-6-20/h1-3,5-6,8-9,17,23H,10-16,18H2,(H,28,30,31). The van der Waals surface area contributed by atoms with Gasteiger partial charge in [0.15, 0.2) is 0 Å². The van der Waals surface area contributed by atoms with Crippen molar-refractivity contribution in [1.29, 1.82) is 0 Å². The van der Waals surface area contributed by atoms with Crippen LogP contribution in [-0.4, -0.2) is 67.6 Å². The second kappa shape index (κ2) is 12.2. The van der Waals surface area contributed by atoms with Crippen LogP contribution in [0.4, 0.5) is 0 Å². The Kier molecular flexibility index (Phi) is 8.57. The van der Waals surface area contributed by atoms with E-state index in [0.717, 1.165) is 10.5 Å². The summed E-state index contributed by atoms with van der Waals surface area (Å²) < 4.78 is 16.4. The van der Waals surface area contributed by atoms with Crippen molar-refractivity contribution in [1.82, 2.24) is 10.2 Å². The lowest BCUT2D eigenvalue weighted by atomic mass is 10.0. The van der Waals surface area contributed by atoms with Crippen LogP contribution in [-0.2, 0) is 30.4 Å². The first-order chi connectivity index (χ1) is 17.5. The summed E-state index contributed by atoms with van der Waals surface area (Å²) >= 11 is 0. The lowest BCUT2D eigenvalue weighted by molar-refractivity contribution is -0.136. The number of amides is 4. The number of hydrogen-bond acceptors (Lipinski definition) is 7. The lowest BCUT2D eigenvalue weighted by Gasteiger charge is -2.27. The molecule has 36 heavy (non-hydrogen) atoms. The van der Waals surface area contributed by atoms with Gasteiger partial charge in [-0.3, -0.25) is 29.4 Å². The molecule has 1 atom stereocenters. The van der Waals surface area contributed by atoms with Crippen LogP contribution < -0.4 is 5.32 Å². The van der Waals surface area contributed by atoms with Crippen LogP contribution in [0.3, 0.4) is 0 Å². The summed E-state index contributed by atoms with van der Waals surface area (Å²) in [6, 6.07) is 13.6. The number of imide groups is 2. The highest BCUT2D eigenvalue weighted by Crippen LogP contribution is 2.28. The van der Waals surface area contributed by atoms with Gasteiger partial charge in [0.25, 0.3) is 11.8 Å². The van der Waals surface area contributed by atoms with Gasteiger partial charge in [-0.15, -0.1) is 0 Å². The fourth-order valence-electron chi connectivity index (χ4n) is 3.91. The summed E-state index contributed by atoms with van der Waals surface area (Å²) in [6.45, 7) is 2.50. The van der Waals surface area contributed by atoms with Crippen LogP contribution >= 0.6 is 0 Å². The Morgan fingerprint density at radius 2 is 1.58 bits per heavy atom.